The average Bonchev–Trinajstić information content (AvgIpc) is 2.97. The number of benzene rings is 2. The molecule has 1 unspecified atom stereocenters. The van der Waals surface area contributed by atoms with E-state index in [2.05, 4.69) is 11.6 Å². The van der Waals surface area contributed by atoms with Gasteiger partial charge in [-0.3, -0.25) is 4.79 Å². The Labute approximate surface area is 253 Å². The quantitative estimate of drug-likeness (QED) is 0.230. The summed E-state index contributed by atoms with van der Waals surface area (Å²) in [6.07, 6.45) is -0.337. The summed E-state index contributed by atoms with van der Waals surface area (Å²) in [5, 5.41) is 0.586. The number of aromatic nitrogens is 3. The maximum atomic E-state index is 15.2. The van der Waals surface area contributed by atoms with Gasteiger partial charge in [-0.1, -0.05) is 50.2 Å². The SMILES string of the molecule is C=CC(=O)N1CCN(c2nc(=O)n(-c3ccccc3C(C)C)c3nc(-c4cc(OC(C)F)ccc4F)c(Cl)cc23)[C@@H](C)C1. The van der Waals surface area contributed by atoms with Gasteiger partial charge in [0.25, 0.3) is 0 Å². The zero-order valence-electron chi connectivity index (χ0n) is 24.4. The highest BCUT2D eigenvalue weighted by atomic mass is 35.5. The molecule has 0 bridgehead atoms. The highest BCUT2D eigenvalue weighted by Crippen LogP contribution is 2.37. The molecule has 43 heavy (non-hydrogen) atoms. The number of rotatable bonds is 7. The van der Waals surface area contributed by atoms with Crippen molar-refractivity contribution in [2.24, 2.45) is 0 Å². The molecule has 2 aromatic carbocycles. The third-order valence-electron chi connectivity index (χ3n) is 7.48. The van der Waals surface area contributed by atoms with Gasteiger partial charge in [-0.25, -0.2) is 23.1 Å². The summed E-state index contributed by atoms with van der Waals surface area (Å²) in [7, 11) is 0. The van der Waals surface area contributed by atoms with Crippen LogP contribution in [0.3, 0.4) is 0 Å². The number of nitrogens with zero attached hydrogens (tertiary/aromatic N) is 5. The van der Waals surface area contributed by atoms with Gasteiger partial charge < -0.3 is 14.5 Å². The molecule has 8 nitrogen and oxygen atoms in total. The number of hydrogen-bond acceptors (Lipinski definition) is 6. The fourth-order valence-corrected chi connectivity index (χ4v) is 5.71. The van der Waals surface area contributed by atoms with Gasteiger partial charge in [-0.15, -0.1) is 0 Å². The van der Waals surface area contributed by atoms with E-state index in [1.54, 1.807) is 11.0 Å². The zero-order valence-corrected chi connectivity index (χ0v) is 25.1. The molecule has 0 spiro atoms. The number of fused-ring (bicyclic) bond motifs is 1. The molecule has 1 amide bonds. The van der Waals surface area contributed by atoms with E-state index in [1.165, 1.54) is 29.7 Å². The Morgan fingerprint density at radius 2 is 1.88 bits per heavy atom. The molecule has 1 fully saturated rings. The number of hydrogen-bond donors (Lipinski definition) is 0. The van der Waals surface area contributed by atoms with Gasteiger partial charge in [-0.2, -0.15) is 4.98 Å². The van der Waals surface area contributed by atoms with Crippen LogP contribution >= 0.6 is 11.6 Å². The van der Waals surface area contributed by atoms with Crippen LogP contribution < -0.4 is 15.3 Å². The van der Waals surface area contributed by atoms with Crippen molar-refractivity contribution in [2.75, 3.05) is 24.5 Å². The van der Waals surface area contributed by atoms with Gasteiger partial charge >= 0.3 is 5.69 Å². The second kappa shape index (κ2) is 12.1. The first kappa shape index (κ1) is 30.2. The fourth-order valence-electron chi connectivity index (χ4n) is 5.46. The summed E-state index contributed by atoms with van der Waals surface area (Å²) in [4.78, 5) is 39.1. The van der Waals surface area contributed by atoms with E-state index in [4.69, 9.17) is 21.3 Å². The van der Waals surface area contributed by atoms with E-state index in [0.29, 0.717) is 36.5 Å². The van der Waals surface area contributed by atoms with Crippen LogP contribution in [0.1, 0.15) is 39.2 Å². The lowest BCUT2D eigenvalue weighted by molar-refractivity contribution is -0.126. The van der Waals surface area contributed by atoms with Crippen LogP contribution in [0, 0.1) is 5.82 Å². The van der Waals surface area contributed by atoms with Crippen LogP contribution in [0.15, 0.2) is 66.0 Å². The minimum Gasteiger partial charge on any atom is -0.461 e. The number of anilines is 1. The van der Waals surface area contributed by atoms with Crippen LogP contribution in [0.25, 0.3) is 28.0 Å². The molecular formula is C32H32ClF2N5O3. The molecule has 2 aromatic heterocycles. The molecule has 0 N–H and O–H groups in total. The lowest BCUT2D eigenvalue weighted by Gasteiger charge is -2.40. The number of carbonyl (C=O) groups excluding carboxylic acids is 1. The summed E-state index contributed by atoms with van der Waals surface area (Å²) in [6, 6.07) is 12.7. The molecule has 1 aliphatic heterocycles. The van der Waals surface area contributed by atoms with Crippen molar-refractivity contribution < 1.29 is 18.3 Å². The smallest absolute Gasteiger partial charge is 0.355 e. The molecule has 1 saturated heterocycles. The Morgan fingerprint density at radius 1 is 1.14 bits per heavy atom. The Morgan fingerprint density at radius 3 is 2.56 bits per heavy atom. The van der Waals surface area contributed by atoms with Crippen molar-refractivity contribution >= 4 is 34.4 Å². The first-order valence-electron chi connectivity index (χ1n) is 14.0. The van der Waals surface area contributed by atoms with Crippen LogP contribution in [0.4, 0.5) is 14.6 Å². The van der Waals surface area contributed by atoms with Crippen molar-refractivity contribution in [1.29, 1.82) is 0 Å². The molecule has 4 aromatic rings. The fraction of sp³-hybridized carbons (Fsp3) is 0.312. The topological polar surface area (TPSA) is 80.6 Å². The van der Waals surface area contributed by atoms with Gasteiger partial charge in [-0.05, 0) is 54.8 Å². The van der Waals surface area contributed by atoms with Crippen LogP contribution in [-0.2, 0) is 4.79 Å². The van der Waals surface area contributed by atoms with Crippen molar-refractivity contribution in [2.45, 2.75) is 46.0 Å². The molecule has 11 heteroatoms. The molecule has 0 aliphatic carbocycles. The molecule has 3 heterocycles. The van der Waals surface area contributed by atoms with E-state index >= 15 is 4.39 Å². The lowest BCUT2D eigenvalue weighted by Crippen LogP contribution is -2.54. The monoisotopic (exact) mass is 607 g/mol. The number of ether oxygens (including phenoxy) is 1. The van der Waals surface area contributed by atoms with E-state index in [1.807, 2.05) is 49.9 Å². The molecule has 0 radical (unpaired) electrons. The highest BCUT2D eigenvalue weighted by Gasteiger charge is 2.30. The zero-order chi connectivity index (χ0) is 31.0. The number of carbonyl (C=O) groups is 1. The standard InChI is InChI=1S/C32H32ClF2N5O3/c1-6-28(41)38-13-14-39(19(4)17-38)30-24-16-25(33)29(23-15-21(43-20(5)34)11-12-26(23)35)36-31(24)40(32(42)37-30)27-10-8-7-9-22(27)18(2)3/h6-12,15-16,18-20H,1,13-14,17H2,2-5H3/t19-,20?/m0/s1. The normalized spacial score (nSPS) is 16.0. The molecule has 5 rings (SSSR count). The van der Waals surface area contributed by atoms with E-state index in [0.717, 1.165) is 11.6 Å². The predicted molar refractivity (Wildman–Crippen MR) is 164 cm³/mol. The minimum atomic E-state index is -1.62. The van der Waals surface area contributed by atoms with Gasteiger partial charge in [0.1, 0.15) is 17.4 Å². The second-order valence-electron chi connectivity index (χ2n) is 10.8. The van der Waals surface area contributed by atoms with E-state index in [9.17, 15) is 14.0 Å². The average molecular weight is 608 g/mol. The van der Waals surface area contributed by atoms with Gasteiger partial charge in [0, 0.05) is 38.2 Å². The number of piperazine rings is 1. The van der Waals surface area contributed by atoms with Crippen LogP contribution in [0.2, 0.25) is 5.02 Å². The maximum Gasteiger partial charge on any atom is 0.355 e. The molecule has 0 saturated carbocycles. The van der Waals surface area contributed by atoms with Crippen molar-refractivity contribution in [3.63, 3.8) is 0 Å². The first-order valence-corrected chi connectivity index (χ1v) is 14.4. The Kier molecular flexibility index (Phi) is 8.50. The van der Waals surface area contributed by atoms with Crippen LogP contribution in [0.5, 0.6) is 5.75 Å². The Balaban J connectivity index is 1.78. The summed E-state index contributed by atoms with van der Waals surface area (Å²) in [5.74, 6) is -0.289. The Hall–Kier alpha value is -4.31. The summed E-state index contributed by atoms with van der Waals surface area (Å²) in [6.45, 7) is 12.0. The van der Waals surface area contributed by atoms with Crippen molar-refractivity contribution in [3.05, 3.63) is 88.1 Å². The third kappa shape index (κ3) is 5.84. The third-order valence-corrected chi connectivity index (χ3v) is 7.77. The highest BCUT2D eigenvalue weighted by molar-refractivity contribution is 6.34. The lowest BCUT2D eigenvalue weighted by atomic mass is 10.0. The van der Waals surface area contributed by atoms with Gasteiger partial charge in [0.05, 0.1) is 21.8 Å². The number of pyridine rings is 1. The predicted octanol–water partition coefficient (Wildman–Crippen LogP) is 6.28. The van der Waals surface area contributed by atoms with E-state index in [-0.39, 0.29) is 45.5 Å². The van der Waals surface area contributed by atoms with E-state index < -0.39 is 17.9 Å². The Bertz CT molecular complexity index is 1770. The number of halogens is 3. The summed E-state index contributed by atoms with van der Waals surface area (Å²) in [5.41, 5.74) is 1.18. The van der Waals surface area contributed by atoms with Crippen molar-refractivity contribution in [1.82, 2.24) is 19.4 Å². The summed E-state index contributed by atoms with van der Waals surface area (Å²) >= 11 is 6.78. The number of amides is 1. The molecule has 2 atom stereocenters. The number of alkyl halides is 1. The minimum absolute atomic E-state index is 0.00974. The van der Waals surface area contributed by atoms with Crippen molar-refractivity contribution in [3.8, 4) is 22.7 Å². The van der Waals surface area contributed by atoms with Crippen LogP contribution in [-0.4, -0.2) is 57.4 Å². The second-order valence-corrected chi connectivity index (χ2v) is 11.2. The summed E-state index contributed by atoms with van der Waals surface area (Å²) < 4.78 is 35.4. The van der Waals surface area contributed by atoms with Gasteiger partial charge in [0.15, 0.2) is 5.65 Å². The maximum absolute atomic E-state index is 15.2. The largest absolute Gasteiger partial charge is 0.461 e. The molecular weight excluding hydrogens is 576 g/mol. The first-order chi connectivity index (χ1) is 20.5. The molecule has 224 valence electrons. The van der Waals surface area contributed by atoms with Gasteiger partial charge in [0.2, 0.25) is 12.3 Å². The molecule has 1 aliphatic rings. The number of para-hydroxylation sites is 1.